The van der Waals surface area contributed by atoms with Crippen molar-refractivity contribution in [1.29, 1.82) is 0 Å². The highest BCUT2D eigenvalue weighted by Gasteiger charge is 2.41. The molecule has 3 atom stereocenters. The number of likely N-dealkylation sites (tertiary alicyclic amines) is 1. The Kier molecular flexibility index (Phi) is 21.9. The molecule has 2 rings (SSSR count). The van der Waals surface area contributed by atoms with E-state index in [1.165, 1.54) is 18.9 Å². The van der Waals surface area contributed by atoms with Crippen LogP contribution in [0.25, 0.3) is 0 Å². The van der Waals surface area contributed by atoms with Gasteiger partial charge in [-0.2, -0.15) is 0 Å². The maximum absolute atomic E-state index is 13.1. The Morgan fingerprint density at radius 3 is 2.15 bits per heavy atom. The van der Waals surface area contributed by atoms with Gasteiger partial charge in [0, 0.05) is 11.0 Å². The van der Waals surface area contributed by atoms with Crippen molar-refractivity contribution in [2.45, 2.75) is 85.9 Å². The number of rotatable bonds is 13. The summed E-state index contributed by atoms with van der Waals surface area (Å²) in [6, 6.07) is -3.69. The molecule has 2 aliphatic rings. The van der Waals surface area contributed by atoms with Gasteiger partial charge in [0.15, 0.2) is 0 Å². The Morgan fingerprint density at radius 2 is 1.72 bits per heavy atom. The van der Waals surface area contributed by atoms with E-state index < -0.39 is 76.2 Å². The lowest BCUT2D eigenvalue weighted by Crippen LogP contribution is -2.67. The third kappa shape index (κ3) is 13.7. The predicted octanol–water partition coefficient (Wildman–Crippen LogP) is 1.95. The second-order valence-corrected chi connectivity index (χ2v) is 9.51. The SMILES string of the molecule is CC.CC.CCCC.CCN(C)C(CC1=CC([N+](=O)[O-])=C(O)C([N+](=O)[O-])C=C1)C(=O)NC1CN(CC(=O)N(N)CC(=O)OC)C1=O. The van der Waals surface area contributed by atoms with Gasteiger partial charge in [0.05, 0.1) is 24.6 Å². The second kappa shape index (κ2) is 23.0. The van der Waals surface area contributed by atoms with Gasteiger partial charge in [0.2, 0.25) is 11.8 Å². The summed E-state index contributed by atoms with van der Waals surface area (Å²) in [5.74, 6) is 1.86. The first-order valence-electron chi connectivity index (χ1n) is 15.2. The number of esters is 1. The predicted molar refractivity (Wildman–Crippen MR) is 171 cm³/mol. The number of methoxy groups -OCH3 is 1. The van der Waals surface area contributed by atoms with E-state index >= 15 is 0 Å². The van der Waals surface area contributed by atoms with Crippen LogP contribution in [-0.4, -0.2) is 112 Å². The highest BCUT2D eigenvalue weighted by molar-refractivity contribution is 5.96. The lowest BCUT2D eigenvalue weighted by Gasteiger charge is -2.39. The molecule has 17 heteroatoms. The summed E-state index contributed by atoms with van der Waals surface area (Å²) >= 11 is 0. The van der Waals surface area contributed by atoms with E-state index in [1.54, 1.807) is 18.9 Å². The number of likely N-dealkylation sites (N-methyl/N-ethyl adjacent to an activating group) is 1. The zero-order valence-electron chi connectivity index (χ0n) is 28.3. The number of nitrogens with zero attached hydrogens (tertiary/aromatic N) is 5. The van der Waals surface area contributed by atoms with Crippen molar-refractivity contribution in [3.05, 3.63) is 55.5 Å². The maximum atomic E-state index is 13.1. The number of hydrogen-bond acceptors (Lipinski definition) is 12. The number of amides is 3. The number of unbranched alkanes of at least 4 members (excludes halogenated alkanes) is 1. The Labute approximate surface area is 270 Å². The molecule has 3 unspecified atom stereocenters. The molecule has 1 saturated heterocycles. The fourth-order valence-corrected chi connectivity index (χ4v) is 3.65. The number of allylic oxidation sites excluding steroid dienone is 2. The van der Waals surface area contributed by atoms with E-state index in [-0.39, 0.29) is 18.5 Å². The molecule has 0 bridgehead atoms. The van der Waals surface area contributed by atoms with E-state index in [1.807, 2.05) is 27.7 Å². The molecule has 4 N–H and O–H groups in total. The quantitative estimate of drug-likeness (QED) is 0.0644. The number of carbonyl (C=O) groups excluding carboxylic acids is 4. The Morgan fingerprint density at radius 1 is 1.15 bits per heavy atom. The van der Waals surface area contributed by atoms with Crippen molar-refractivity contribution in [1.82, 2.24) is 20.1 Å². The minimum Gasteiger partial charge on any atom is -0.501 e. The topological polar surface area (TPSA) is 232 Å². The summed E-state index contributed by atoms with van der Waals surface area (Å²) in [5.41, 5.74) is -0.686. The number of hydrazine groups is 1. The smallest absolute Gasteiger partial charge is 0.327 e. The standard InChI is InChI=1S/C21H29N7O10.C4H10.2C2H6/c1-4-24(2)16(8-12-5-6-14(27(34)35)19(31)15(7-12)28(36)37)20(32)23-13-9-25(21(13)33)10-17(29)26(22)11-18(30)38-3;1-3-4-2;2*1-2/h5-7,13-14,16,31H,4,8-11,22H2,1-3H3,(H,23,32);3-4H2,1-2H3;2*1-2H3. The number of nitrogens with one attached hydrogen (secondary N) is 1. The fraction of sp³-hybridized carbons (Fsp3) is 0.655. The molecule has 0 aromatic rings. The Hall–Kier alpha value is -4.38. The van der Waals surface area contributed by atoms with Crippen LogP contribution < -0.4 is 11.2 Å². The van der Waals surface area contributed by atoms with Crippen molar-refractivity contribution in [2.75, 3.05) is 40.3 Å². The number of nitro groups is 2. The molecule has 1 fully saturated rings. The largest absolute Gasteiger partial charge is 0.501 e. The van der Waals surface area contributed by atoms with E-state index in [2.05, 4.69) is 23.9 Å². The lowest BCUT2D eigenvalue weighted by atomic mass is 10.0. The average molecular weight is 658 g/mol. The minimum absolute atomic E-state index is 0.000132. The number of aliphatic hydroxyl groups excluding tert-OH is 1. The highest BCUT2D eigenvalue weighted by Crippen LogP contribution is 2.23. The molecular formula is C29H51N7O10. The van der Waals surface area contributed by atoms with Crippen LogP contribution in [0.1, 0.15) is 67.7 Å². The van der Waals surface area contributed by atoms with Crippen LogP contribution in [-0.2, 0) is 23.9 Å². The van der Waals surface area contributed by atoms with Crippen LogP contribution in [0.4, 0.5) is 0 Å². The fourth-order valence-electron chi connectivity index (χ4n) is 3.65. The zero-order valence-corrected chi connectivity index (χ0v) is 28.3. The molecular weight excluding hydrogens is 606 g/mol. The summed E-state index contributed by atoms with van der Waals surface area (Å²) < 4.78 is 4.42. The third-order valence-electron chi connectivity index (χ3n) is 6.55. The first-order chi connectivity index (χ1) is 21.7. The van der Waals surface area contributed by atoms with Crippen molar-refractivity contribution in [2.24, 2.45) is 5.84 Å². The Balaban J connectivity index is 0. The van der Waals surface area contributed by atoms with E-state index in [0.29, 0.717) is 11.6 Å². The molecule has 1 aliphatic heterocycles. The van der Waals surface area contributed by atoms with Gasteiger partial charge >= 0.3 is 11.7 Å². The first kappa shape index (κ1) is 43.7. The summed E-state index contributed by atoms with van der Waals surface area (Å²) in [7, 11) is 2.74. The van der Waals surface area contributed by atoms with E-state index in [4.69, 9.17) is 5.84 Å². The third-order valence-corrected chi connectivity index (χ3v) is 6.55. The van der Waals surface area contributed by atoms with Crippen LogP contribution in [0.2, 0.25) is 0 Å². The van der Waals surface area contributed by atoms with Gasteiger partial charge in [-0.1, -0.05) is 67.4 Å². The minimum atomic E-state index is -1.82. The molecule has 0 aromatic heterocycles. The molecule has 0 saturated carbocycles. The van der Waals surface area contributed by atoms with Gasteiger partial charge in [0.25, 0.3) is 17.7 Å². The number of nitrogens with two attached hydrogens (primary N) is 1. The lowest BCUT2D eigenvalue weighted by molar-refractivity contribution is -0.507. The average Bonchev–Trinajstić information content (AvgIpc) is 3.22. The van der Waals surface area contributed by atoms with E-state index in [9.17, 15) is 44.5 Å². The van der Waals surface area contributed by atoms with Gasteiger partial charge in [-0.05, 0) is 31.7 Å². The van der Waals surface area contributed by atoms with Crippen molar-refractivity contribution < 1.29 is 38.9 Å². The number of aliphatic hydroxyl groups is 1. The zero-order chi connectivity index (χ0) is 36.1. The number of carbonyl (C=O) groups is 4. The molecule has 17 nitrogen and oxygen atoms in total. The monoisotopic (exact) mass is 657 g/mol. The normalized spacial score (nSPS) is 17.2. The highest BCUT2D eigenvalue weighted by atomic mass is 16.6. The molecule has 3 amide bonds. The summed E-state index contributed by atoms with van der Waals surface area (Å²) in [6.07, 6.45) is 5.71. The van der Waals surface area contributed by atoms with Crippen LogP contribution in [0, 0.1) is 20.2 Å². The molecule has 1 aliphatic carbocycles. The maximum Gasteiger partial charge on any atom is 0.327 e. The molecule has 0 radical (unpaired) electrons. The summed E-state index contributed by atoms with van der Waals surface area (Å²) in [4.78, 5) is 72.4. The number of ether oxygens (including phenoxy) is 1. The summed E-state index contributed by atoms with van der Waals surface area (Å²) in [6.45, 7) is 13.6. The Bertz CT molecular complexity index is 1140. The first-order valence-corrected chi connectivity index (χ1v) is 15.2. The van der Waals surface area contributed by atoms with Gasteiger partial charge < -0.3 is 20.1 Å². The van der Waals surface area contributed by atoms with Crippen LogP contribution in [0.3, 0.4) is 0 Å². The van der Waals surface area contributed by atoms with Crippen molar-refractivity contribution in [3.8, 4) is 0 Å². The number of hydrogen-bond donors (Lipinski definition) is 3. The van der Waals surface area contributed by atoms with Gasteiger partial charge in [-0.3, -0.25) is 49.3 Å². The van der Waals surface area contributed by atoms with Crippen LogP contribution in [0.5, 0.6) is 0 Å². The van der Waals surface area contributed by atoms with Gasteiger partial charge in [-0.15, -0.1) is 0 Å². The second-order valence-electron chi connectivity index (χ2n) is 9.51. The molecule has 46 heavy (non-hydrogen) atoms. The van der Waals surface area contributed by atoms with Crippen molar-refractivity contribution >= 4 is 23.7 Å². The molecule has 0 spiro atoms. The molecule has 262 valence electrons. The summed E-state index contributed by atoms with van der Waals surface area (Å²) in [5, 5.41) is 35.8. The van der Waals surface area contributed by atoms with Crippen molar-refractivity contribution in [3.63, 3.8) is 0 Å². The molecule has 0 aromatic carbocycles. The van der Waals surface area contributed by atoms with Crippen LogP contribution in [0.15, 0.2) is 35.3 Å². The molecule has 1 heterocycles. The van der Waals surface area contributed by atoms with Crippen LogP contribution >= 0.6 is 0 Å². The van der Waals surface area contributed by atoms with Gasteiger partial charge in [0.1, 0.15) is 19.1 Å². The van der Waals surface area contributed by atoms with Gasteiger partial charge in [-0.25, -0.2) is 5.84 Å². The van der Waals surface area contributed by atoms with E-state index in [0.717, 1.165) is 24.2 Å². The number of β-lactam (4-membered cyclic amide) rings is 1.